The lowest BCUT2D eigenvalue weighted by Crippen LogP contribution is -2.28. The highest BCUT2D eigenvalue weighted by molar-refractivity contribution is 6.01. The molecule has 0 unspecified atom stereocenters. The Balaban J connectivity index is 1.58. The van der Waals surface area contributed by atoms with Crippen molar-refractivity contribution in [3.63, 3.8) is 0 Å². The molecule has 1 N–H and O–H groups in total. The molecule has 0 atom stereocenters. The molecule has 3 rings (SSSR count). The van der Waals surface area contributed by atoms with E-state index in [9.17, 15) is 14.4 Å². The van der Waals surface area contributed by atoms with Crippen LogP contribution in [0, 0.1) is 0 Å². The molecule has 7 nitrogen and oxygen atoms in total. The Morgan fingerprint density at radius 1 is 0.929 bits per heavy atom. The van der Waals surface area contributed by atoms with Gasteiger partial charge in [-0.15, -0.1) is 0 Å². The number of hydrogen-bond acceptors (Lipinski definition) is 5. The highest BCUT2D eigenvalue weighted by Gasteiger charge is 2.28. The van der Waals surface area contributed by atoms with Gasteiger partial charge in [-0.25, -0.2) is 0 Å². The predicted octanol–water partition coefficient (Wildman–Crippen LogP) is 2.53. The van der Waals surface area contributed by atoms with Gasteiger partial charge in [0.2, 0.25) is 17.7 Å². The number of amides is 3. The lowest BCUT2D eigenvalue weighted by molar-refractivity contribution is -0.139. The van der Waals surface area contributed by atoms with E-state index >= 15 is 0 Å². The van der Waals surface area contributed by atoms with Gasteiger partial charge in [0, 0.05) is 18.5 Å². The van der Waals surface area contributed by atoms with Crippen LogP contribution >= 0.6 is 0 Å². The third-order valence-electron chi connectivity index (χ3n) is 4.55. The maximum atomic E-state index is 12.3. The number of hydrogen-bond donors (Lipinski definition) is 1. The second-order valence-electron chi connectivity index (χ2n) is 6.48. The minimum atomic E-state index is -0.162. The van der Waals surface area contributed by atoms with E-state index in [1.54, 1.807) is 50.6 Å². The zero-order chi connectivity index (χ0) is 20.1. The second-order valence-corrected chi connectivity index (χ2v) is 6.48. The van der Waals surface area contributed by atoms with Gasteiger partial charge in [0.05, 0.1) is 27.2 Å². The summed E-state index contributed by atoms with van der Waals surface area (Å²) >= 11 is 0. The number of methoxy groups -OCH3 is 2. The van der Waals surface area contributed by atoms with Gasteiger partial charge in [-0.2, -0.15) is 0 Å². The number of anilines is 1. The van der Waals surface area contributed by atoms with Gasteiger partial charge in [0.15, 0.2) is 11.5 Å². The minimum Gasteiger partial charge on any atom is -0.493 e. The molecule has 1 aliphatic heterocycles. The average Bonchev–Trinajstić information content (AvgIpc) is 3.01. The fourth-order valence-corrected chi connectivity index (χ4v) is 3.06. The van der Waals surface area contributed by atoms with Gasteiger partial charge in [0.1, 0.15) is 0 Å². The van der Waals surface area contributed by atoms with Crippen molar-refractivity contribution in [3.8, 4) is 11.5 Å². The molecular formula is C21H22N2O5. The topological polar surface area (TPSA) is 84.9 Å². The number of nitrogens with one attached hydrogen (secondary N) is 1. The van der Waals surface area contributed by atoms with Gasteiger partial charge >= 0.3 is 0 Å². The first-order valence-electron chi connectivity index (χ1n) is 8.93. The molecule has 7 heteroatoms. The van der Waals surface area contributed by atoms with E-state index in [1.165, 1.54) is 4.90 Å². The number of ether oxygens (including phenoxy) is 2. The largest absolute Gasteiger partial charge is 0.493 e. The van der Waals surface area contributed by atoms with Crippen molar-refractivity contribution in [1.29, 1.82) is 0 Å². The summed E-state index contributed by atoms with van der Waals surface area (Å²) in [5.74, 6) is 0.736. The highest BCUT2D eigenvalue weighted by Crippen LogP contribution is 2.27. The fourth-order valence-electron chi connectivity index (χ4n) is 3.06. The number of likely N-dealkylation sites (tertiary alicyclic amines) is 1. The summed E-state index contributed by atoms with van der Waals surface area (Å²) in [5, 5.41) is 2.84. The maximum absolute atomic E-state index is 12.3. The van der Waals surface area contributed by atoms with Crippen molar-refractivity contribution in [2.45, 2.75) is 25.8 Å². The first-order valence-corrected chi connectivity index (χ1v) is 8.93. The molecule has 0 aromatic heterocycles. The number of rotatable bonds is 7. The zero-order valence-electron chi connectivity index (χ0n) is 15.9. The van der Waals surface area contributed by atoms with E-state index in [1.807, 2.05) is 6.07 Å². The van der Waals surface area contributed by atoms with Crippen molar-refractivity contribution in [2.75, 3.05) is 19.5 Å². The van der Waals surface area contributed by atoms with Crippen LogP contribution in [-0.2, 0) is 27.3 Å². The quantitative estimate of drug-likeness (QED) is 0.744. The Kier molecular flexibility index (Phi) is 5.93. The number of imide groups is 1. The minimum absolute atomic E-state index is 0.141. The molecule has 1 fully saturated rings. The molecule has 146 valence electrons. The van der Waals surface area contributed by atoms with Crippen LogP contribution in [0.2, 0.25) is 0 Å². The second kappa shape index (κ2) is 8.56. The molecule has 0 aliphatic carbocycles. The molecule has 3 amide bonds. The SMILES string of the molecule is COc1ccc(CC(=O)Nc2ccc(CN3C(=O)CCC3=O)cc2)cc1OC. The van der Waals surface area contributed by atoms with Crippen molar-refractivity contribution in [1.82, 2.24) is 4.90 Å². The summed E-state index contributed by atoms with van der Waals surface area (Å²) in [5.41, 5.74) is 2.28. The van der Waals surface area contributed by atoms with Crippen molar-refractivity contribution in [3.05, 3.63) is 53.6 Å². The van der Waals surface area contributed by atoms with Gasteiger partial charge in [-0.1, -0.05) is 18.2 Å². The summed E-state index contributed by atoms with van der Waals surface area (Å²) < 4.78 is 10.4. The normalized spacial score (nSPS) is 13.6. The fraction of sp³-hybridized carbons (Fsp3) is 0.286. The molecule has 0 radical (unpaired) electrons. The monoisotopic (exact) mass is 382 g/mol. The van der Waals surface area contributed by atoms with Crippen LogP contribution < -0.4 is 14.8 Å². The van der Waals surface area contributed by atoms with Crippen LogP contribution in [0.5, 0.6) is 11.5 Å². The average molecular weight is 382 g/mol. The van der Waals surface area contributed by atoms with Crippen LogP contribution in [-0.4, -0.2) is 36.8 Å². The van der Waals surface area contributed by atoms with Gasteiger partial charge in [-0.05, 0) is 35.4 Å². The summed E-state index contributed by atoms with van der Waals surface area (Å²) in [4.78, 5) is 37.0. The first-order chi connectivity index (χ1) is 13.5. The van der Waals surface area contributed by atoms with E-state index < -0.39 is 0 Å². The van der Waals surface area contributed by atoms with Gasteiger partial charge < -0.3 is 14.8 Å². The van der Waals surface area contributed by atoms with E-state index in [0.29, 0.717) is 17.2 Å². The summed E-state index contributed by atoms with van der Waals surface area (Å²) in [6, 6.07) is 12.5. The Bertz CT molecular complexity index is 876. The van der Waals surface area contributed by atoms with E-state index in [0.717, 1.165) is 11.1 Å². The standard InChI is InChI=1S/C21H22N2O5/c1-27-17-8-5-15(11-18(17)28-2)12-19(24)22-16-6-3-14(4-7-16)13-23-20(25)9-10-21(23)26/h3-8,11H,9-10,12-13H2,1-2H3,(H,22,24). The first kappa shape index (κ1) is 19.4. The predicted molar refractivity (Wildman–Crippen MR) is 103 cm³/mol. The Morgan fingerprint density at radius 3 is 2.14 bits per heavy atom. The van der Waals surface area contributed by atoms with Crippen molar-refractivity contribution in [2.24, 2.45) is 0 Å². The lowest BCUT2D eigenvalue weighted by Gasteiger charge is -2.14. The van der Waals surface area contributed by atoms with Gasteiger partial charge in [0.25, 0.3) is 0 Å². The zero-order valence-corrected chi connectivity index (χ0v) is 15.9. The molecule has 28 heavy (non-hydrogen) atoms. The van der Waals surface area contributed by atoms with Crippen LogP contribution in [0.15, 0.2) is 42.5 Å². The van der Waals surface area contributed by atoms with Crippen LogP contribution in [0.4, 0.5) is 5.69 Å². The molecule has 1 saturated heterocycles. The Hall–Kier alpha value is -3.35. The molecule has 2 aromatic carbocycles. The van der Waals surface area contributed by atoms with E-state index in [2.05, 4.69) is 5.32 Å². The number of carbonyl (C=O) groups is 3. The van der Waals surface area contributed by atoms with E-state index in [-0.39, 0.29) is 43.5 Å². The number of benzene rings is 2. The van der Waals surface area contributed by atoms with Gasteiger partial charge in [-0.3, -0.25) is 19.3 Å². The molecular weight excluding hydrogens is 360 g/mol. The molecule has 1 aliphatic rings. The summed E-state index contributed by atoms with van der Waals surface area (Å²) in [6.45, 7) is 0.261. The summed E-state index contributed by atoms with van der Waals surface area (Å²) in [7, 11) is 3.11. The lowest BCUT2D eigenvalue weighted by atomic mass is 10.1. The third kappa shape index (κ3) is 4.49. The van der Waals surface area contributed by atoms with Crippen LogP contribution in [0.1, 0.15) is 24.0 Å². The number of carbonyl (C=O) groups excluding carboxylic acids is 3. The van der Waals surface area contributed by atoms with Crippen molar-refractivity contribution >= 4 is 23.4 Å². The van der Waals surface area contributed by atoms with Crippen molar-refractivity contribution < 1.29 is 23.9 Å². The smallest absolute Gasteiger partial charge is 0.229 e. The molecule has 0 saturated carbocycles. The maximum Gasteiger partial charge on any atom is 0.229 e. The highest BCUT2D eigenvalue weighted by atomic mass is 16.5. The molecule has 1 heterocycles. The number of nitrogens with zero attached hydrogens (tertiary/aromatic N) is 1. The summed E-state index contributed by atoms with van der Waals surface area (Å²) in [6.07, 6.45) is 0.755. The Labute approximate surface area is 163 Å². The molecule has 0 spiro atoms. The van der Waals surface area contributed by atoms with E-state index in [4.69, 9.17) is 9.47 Å². The molecule has 0 bridgehead atoms. The molecule has 2 aromatic rings. The Morgan fingerprint density at radius 2 is 1.54 bits per heavy atom. The van der Waals surface area contributed by atoms with Crippen LogP contribution in [0.25, 0.3) is 0 Å². The van der Waals surface area contributed by atoms with Crippen LogP contribution in [0.3, 0.4) is 0 Å². The third-order valence-corrected chi connectivity index (χ3v) is 4.55.